The summed E-state index contributed by atoms with van der Waals surface area (Å²) in [5.74, 6) is 0. The minimum atomic E-state index is 0.189. The molecular weight excluding hydrogens is 194 g/mol. The Morgan fingerprint density at radius 3 is 2.38 bits per heavy atom. The number of nitrogens with one attached hydrogen (secondary N) is 1. The van der Waals surface area contributed by atoms with E-state index in [1.54, 1.807) is 0 Å². The lowest BCUT2D eigenvalue weighted by molar-refractivity contribution is 0.360. The zero-order chi connectivity index (χ0) is 12.0. The van der Waals surface area contributed by atoms with E-state index in [2.05, 4.69) is 63.3 Å². The van der Waals surface area contributed by atoms with Crippen LogP contribution in [0.5, 0.6) is 0 Å². The van der Waals surface area contributed by atoms with Crippen LogP contribution < -0.4 is 5.32 Å². The normalized spacial score (nSPS) is 13.8. The number of hydrogen-bond acceptors (Lipinski definition) is 1. The predicted molar refractivity (Wildman–Crippen MR) is 71.8 cm³/mol. The van der Waals surface area contributed by atoms with Gasteiger partial charge < -0.3 is 5.32 Å². The second-order valence-electron chi connectivity index (χ2n) is 5.12. The van der Waals surface area contributed by atoms with Crippen molar-refractivity contribution in [2.24, 2.45) is 0 Å². The fourth-order valence-electron chi connectivity index (χ4n) is 1.87. The van der Waals surface area contributed by atoms with Crippen molar-refractivity contribution in [1.82, 2.24) is 5.32 Å². The lowest BCUT2D eigenvalue weighted by Gasteiger charge is -2.33. The topological polar surface area (TPSA) is 12.0 Å². The van der Waals surface area contributed by atoms with E-state index >= 15 is 0 Å². The quantitative estimate of drug-likeness (QED) is 0.719. The number of benzene rings is 1. The summed E-state index contributed by atoms with van der Waals surface area (Å²) in [6.07, 6.45) is 2.51. The Bertz CT molecular complexity index is 290. The molecule has 0 aliphatic heterocycles. The first-order chi connectivity index (χ1) is 7.59. The third-order valence-corrected chi connectivity index (χ3v) is 3.58. The highest BCUT2D eigenvalue weighted by Gasteiger charge is 2.26. The molecular formula is C15H25N. The summed E-state index contributed by atoms with van der Waals surface area (Å²) in [5, 5.41) is 3.62. The molecule has 1 atom stereocenters. The molecule has 0 radical (unpaired) electrons. The van der Waals surface area contributed by atoms with E-state index < -0.39 is 0 Å². The van der Waals surface area contributed by atoms with Crippen LogP contribution in [0.15, 0.2) is 30.3 Å². The fourth-order valence-corrected chi connectivity index (χ4v) is 1.87. The van der Waals surface area contributed by atoms with Crippen LogP contribution in [0.2, 0.25) is 0 Å². The molecule has 0 fully saturated rings. The van der Waals surface area contributed by atoms with Crippen molar-refractivity contribution >= 4 is 0 Å². The maximum absolute atomic E-state index is 3.62. The maximum atomic E-state index is 3.62. The molecule has 0 saturated heterocycles. The molecule has 0 aromatic heterocycles. The smallest absolute Gasteiger partial charge is 0.0130 e. The van der Waals surface area contributed by atoms with Gasteiger partial charge in [-0.25, -0.2) is 0 Å². The molecule has 0 bridgehead atoms. The van der Waals surface area contributed by atoms with Crippen molar-refractivity contribution in [2.75, 3.05) is 6.54 Å². The van der Waals surface area contributed by atoms with Crippen molar-refractivity contribution < 1.29 is 0 Å². The lowest BCUT2D eigenvalue weighted by Crippen LogP contribution is -2.42. The maximum Gasteiger partial charge on any atom is 0.0130 e. The average molecular weight is 219 g/mol. The second kappa shape index (κ2) is 6.05. The molecule has 90 valence electrons. The highest BCUT2D eigenvalue weighted by Crippen LogP contribution is 2.26. The van der Waals surface area contributed by atoms with Gasteiger partial charge in [-0.1, -0.05) is 57.5 Å². The molecule has 1 N–H and O–H groups in total. The molecule has 0 spiro atoms. The van der Waals surface area contributed by atoms with E-state index in [9.17, 15) is 0 Å². The molecule has 1 heteroatoms. The van der Waals surface area contributed by atoms with Gasteiger partial charge in [-0.15, -0.1) is 0 Å². The molecule has 0 saturated carbocycles. The minimum absolute atomic E-state index is 0.189. The standard InChI is InChI=1S/C15H25N/c1-5-6-12-16-13(2)15(3,4)14-10-8-7-9-11-14/h7-11,13,16H,5-6,12H2,1-4H3. The monoisotopic (exact) mass is 219 g/mol. The van der Waals surface area contributed by atoms with Gasteiger partial charge in [0.2, 0.25) is 0 Å². The van der Waals surface area contributed by atoms with E-state index in [1.165, 1.54) is 18.4 Å². The number of unbranched alkanes of at least 4 members (excludes halogenated alkanes) is 1. The van der Waals surface area contributed by atoms with E-state index in [1.807, 2.05) is 0 Å². The molecule has 1 nitrogen and oxygen atoms in total. The van der Waals surface area contributed by atoms with Crippen LogP contribution in [0, 0.1) is 0 Å². The minimum Gasteiger partial charge on any atom is -0.313 e. The first-order valence-electron chi connectivity index (χ1n) is 6.38. The molecule has 1 rings (SSSR count). The third-order valence-electron chi connectivity index (χ3n) is 3.58. The van der Waals surface area contributed by atoms with Gasteiger partial charge >= 0.3 is 0 Å². The SMILES string of the molecule is CCCCNC(C)C(C)(C)c1ccccc1. The highest BCUT2D eigenvalue weighted by atomic mass is 14.9. The Morgan fingerprint density at radius 1 is 1.19 bits per heavy atom. The molecule has 0 heterocycles. The Kier molecular flexibility index (Phi) is 5.01. The molecule has 16 heavy (non-hydrogen) atoms. The summed E-state index contributed by atoms with van der Waals surface area (Å²) in [6, 6.07) is 11.3. The van der Waals surface area contributed by atoms with Crippen LogP contribution in [-0.2, 0) is 5.41 Å². The molecule has 1 unspecified atom stereocenters. The van der Waals surface area contributed by atoms with E-state index in [-0.39, 0.29) is 5.41 Å². The first kappa shape index (κ1) is 13.2. The summed E-state index contributed by atoms with van der Waals surface area (Å²) in [4.78, 5) is 0. The van der Waals surface area contributed by atoms with Crippen LogP contribution in [0.3, 0.4) is 0 Å². The van der Waals surface area contributed by atoms with Crippen LogP contribution in [0.25, 0.3) is 0 Å². The van der Waals surface area contributed by atoms with Crippen molar-refractivity contribution in [3.63, 3.8) is 0 Å². The molecule has 0 aliphatic carbocycles. The molecule has 1 aromatic carbocycles. The van der Waals surface area contributed by atoms with Gasteiger partial charge in [0.1, 0.15) is 0 Å². The van der Waals surface area contributed by atoms with Gasteiger partial charge in [0, 0.05) is 11.5 Å². The Balaban J connectivity index is 2.62. The van der Waals surface area contributed by atoms with Crippen LogP contribution in [0.4, 0.5) is 0 Å². The average Bonchev–Trinajstić information content (AvgIpc) is 2.30. The van der Waals surface area contributed by atoms with Crippen LogP contribution in [-0.4, -0.2) is 12.6 Å². The van der Waals surface area contributed by atoms with Crippen LogP contribution >= 0.6 is 0 Å². The fraction of sp³-hybridized carbons (Fsp3) is 0.600. The number of hydrogen-bond donors (Lipinski definition) is 1. The van der Waals surface area contributed by atoms with E-state index in [0.717, 1.165) is 6.54 Å². The van der Waals surface area contributed by atoms with E-state index in [0.29, 0.717) is 6.04 Å². The van der Waals surface area contributed by atoms with Crippen molar-refractivity contribution in [3.05, 3.63) is 35.9 Å². The zero-order valence-electron chi connectivity index (χ0n) is 11.1. The zero-order valence-corrected chi connectivity index (χ0v) is 11.1. The largest absolute Gasteiger partial charge is 0.313 e. The Labute approximate surface area is 100 Å². The third kappa shape index (κ3) is 3.34. The van der Waals surface area contributed by atoms with Crippen molar-refractivity contribution in [2.45, 2.75) is 52.0 Å². The first-order valence-corrected chi connectivity index (χ1v) is 6.38. The van der Waals surface area contributed by atoms with Crippen LogP contribution in [0.1, 0.15) is 46.1 Å². The van der Waals surface area contributed by atoms with Gasteiger partial charge in [0.15, 0.2) is 0 Å². The van der Waals surface area contributed by atoms with Gasteiger partial charge in [-0.05, 0) is 25.5 Å². The number of rotatable bonds is 6. The highest BCUT2D eigenvalue weighted by molar-refractivity contribution is 5.25. The molecule has 0 amide bonds. The Hall–Kier alpha value is -0.820. The van der Waals surface area contributed by atoms with Gasteiger partial charge in [-0.2, -0.15) is 0 Å². The Morgan fingerprint density at radius 2 is 1.81 bits per heavy atom. The summed E-state index contributed by atoms with van der Waals surface area (Å²) in [6.45, 7) is 10.3. The molecule has 0 aliphatic rings. The second-order valence-corrected chi connectivity index (χ2v) is 5.12. The summed E-state index contributed by atoms with van der Waals surface area (Å²) >= 11 is 0. The molecule has 1 aromatic rings. The summed E-state index contributed by atoms with van der Waals surface area (Å²) in [7, 11) is 0. The summed E-state index contributed by atoms with van der Waals surface area (Å²) < 4.78 is 0. The van der Waals surface area contributed by atoms with Gasteiger partial charge in [0.05, 0.1) is 0 Å². The van der Waals surface area contributed by atoms with Crippen molar-refractivity contribution in [1.29, 1.82) is 0 Å². The van der Waals surface area contributed by atoms with Gasteiger partial charge in [0.25, 0.3) is 0 Å². The van der Waals surface area contributed by atoms with Crippen molar-refractivity contribution in [3.8, 4) is 0 Å². The van der Waals surface area contributed by atoms with E-state index in [4.69, 9.17) is 0 Å². The lowest BCUT2D eigenvalue weighted by atomic mass is 9.78. The summed E-state index contributed by atoms with van der Waals surface area (Å²) in [5.41, 5.74) is 1.60. The predicted octanol–water partition coefficient (Wildman–Crippen LogP) is 3.74. The van der Waals surface area contributed by atoms with Gasteiger partial charge in [-0.3, -0.25) is 0 Å².